The van der Waals surface area contributed by atoms with Crippen molar-refractivity contribution in [1.29, 1.82) is 0 Å². The summed E-state index contributed by atoms with van der Waals surface area (Å²) >= 11 is 0. The number of rotatable bonds is 9. The maximum absolute atomic E-state index is 13.3. The molecule has 10 nitrogen and oxygen atoms in total. The van der Waals surface area contributed by atoms with Gasteiger partial charge in [0, 0.05) is 36.3 Å². The third-order valence-electron chi connectivity index (χ3n) is 6.23. The van der Waals surface area contributed by atoms with Crippen molar-refractivity contribution in [3.63, 3.8) is 0 Å². The standard InChI is InChI=1S/C27H33N3O7S/c1-17(2)36-21-6-8-22(9-7-21)38(34,35)30-12-11-19(14-30)24-15-29(16-26(31)32)25-13-20(5-10-23(24)25)28-27(33)37-18(3)4/h5-10,13,15,17-19H,11-12,14,16H2,1-4H3,(H,28,33)(H,31,32). The van der Waals surface area contributed by atoms with E-state index < -0.39 is 22.1 Å². The van der Waals surface area contributed by atoms with Gasteiger partial charge in [-0.15, -0.1) is 0 Å². The topological polar surface area (TPSA) is 127 Å². The minimum Gasteiger partial charge on any atom is -0.491 e. The lowest BCUT2D eigenvalue weighted by Gasteiger charge is -2.17. The normalized spacial score (nSPS) is 16.3. The Morgan fingerprint density at radius 2 is 1.79 bits per heavy atom. The van der Waals surface area contributed by atoms with Crippen molar-refractivity contribution in [2.24, 2.45) is 0 Å². The Balaban J connectivity index is 1.58. The molecule has 1 saturated heterocycles. The molecule has 1 aliphatic heterocycles. The van der Waals surface area contributed by atoms with E-state index in [9.17, 15) is 23.1 Å². The van der Waals surface area contributed by atoms with Crippen LogP contribution in [0, 0.1) is 0 Å². The van der Waals surface area contributed by atoms with E-state index in [4.69, 9.17) is 9.47 Å². The highest BCUT2D eigenvalue weighted by atomic mass is 32.2. The SMILES string of the molecule is CC(C)OC(=O)Nc1ccc2c(C3CCN(S(=O)(=O)c4ccc(OC(C)C)cc4)C3)cn(CC(=O)O)c2c1. The van der Waals surface area contributed by atoms with Crippen LogP contribution in [-0.2, 0) is 26.1 Å². The molecule has 204 valence electrons. The minimum absolute atomic E-state index is 0.0132. The number of amides is 1. The summed E-state index contributed by atoms with van der Waals surface area (Å²) in [4.78, 5) is 23.8. The van der Waals surface area contributed by atoms with Crippen LogP contribution in [0.1, 0.15) is 45.6 Å². The molecule has 1 fully saturated rings. The Morgan fingerprint density at radius 1 is 1.08 bits per heavy atom. The number of nitrogens with one attached hydrogen (secondary N) is 1. The van der Waals surface area contributed by atoms with Crippen LogP contribution in [0.4, 0.5) is 10.5 Å². The number of aromatic nitrogens is 1. The fourth-order valence-electron chi connectivity index (χ4n) is 4.67. The number of anilines is 1. The second kappa shape index (κ2) is 11.0. The molecule has 0 radical (unpaired) electrons. The van der Waals surface area contributed by atoms with E-state index in [1.54, 1.807) is 61.0 Å². The lowest BCUT2D eigenvalue weighted by atomic mass is 9.98. The Hall–Kier alpha value is -3.57. The number of hydrogen-bond acceptors (Lipinski definition) is 6. The van der Waals surface area contributed by atoms with Gasteiger partial charge in [-0.3, -0.25) is 10.1 Å². The minimum atomic E-state index is -3.71. The van der Waals surface area contributed by atoms with Crippen molar-refractivity contribution < 1.29 is 32.6 Å². The Morgan fingerprint density at radius 3 is 2.42 bits per heavy atom. The van der Waals surface area contributed by atoms with Gasteiger partial charge in [0.25, 0.3) is 0 Å². The lowest BCUT2D eigenvalue weighted by molar-refractivity contribution is -0.137. The fraction of sp³-hybridized carbons (Fsp3) is 0.407. The van der Waals surface area contributed by atoms with E-state index in [-0.39, 0.29) is 36.1 Å². The molecule has 4 rings (SSSR count). The van der Waals surface area contributed by atoms with Gasteiger partial charge in [-0.25, -0.2) is 13.2 Å². The van der Waals surface area contributed by atoms with Crippen LogP contribution in [0.15, 0.2) is 53.6 Å². The molecule has 2 N–H and O–H groups in total. The highest BCUT2D eigenvalue weighted by Crippen LogP contribution is 2.37. The van der Waals surface area contributed by atoms with Crippen molar-refractivity contribution in [2.75, 3.05) is 18.4 Å². The van der Waals surface area contributed by atoms with Crippen LogP contribution >= 0.6 is 0 Å². The number of fused-ring (bicyclic) bond motifs is 1. The molecule has 1 aromatic heterocycles. The number of hydrogen-bond donors (Lipinski definition) is 2. The van der Waals surface area contributed by atoms with Gasteiger partial charge in [0.2, 0.25) is 10.0 Å². The summed E-state index contributed by atoms with van der Waals surface area (Å²) in [5, 5.41) is 12.9. The van der Waals surface area contributed by atoms with Crippen molar-refractivity contribution in [2.45, 2.75) is 63.7 Å². The molecule has 0 bridgehead atoms. The summed E-state index contributed by atoms with van der Waals surface area (Å²) in [6, 6.07) is 11.7. The highest BCUT2D eigenvalue weighted by Gasteiger charge is 2.34. The second-order valence-electron chi connectivity index (χ2n) is 9.90. The molecule has 1 atom stereocenters. The molecular formula is C27H33N3O7S. The van der Waals surface area contributed by atoms with Gasteiger partial charge in [0.1, 0.15) is 12.3 Å². The van der Waals surface area contributed by atoms with Gasteiger partial charge in [0.05, 0.1) is 22.6 Å². The molecule has 1 amide bonds. The first-order valence-electron chi connectivity index (χ1n) is 12.5. The molecule has 0 aliphatic carbocycles. The van der Waals surface area contributed by atoms with Gasteiger partial charge in [-0.1, -0.05) is 6.07 Å². The number of nitrogens with zero attached hydrogens (tertiary/aromatic N) is 2. The molecule has 11 heteroatoms. The van der Waals surface area contributed by atoms with E-state index in [2.05, 4.69) is 5.32 Å². The summed E-state index contributed by atoms with van der Waals surface area (Å²) in [6.07, 6.45) is 1.47. The molecule has 0 saturated carbocycles. The predicted octanol–water partition coefficient (Wildman–Crippen LogP) is 4.65. The van der Waals surface area contributed by atoms with Gasteiger partial charge >= 0.3 is 12.1 Å². The van der Waals surface area contributed by atoms with Crippen molar-refractivity contribution in [3.05, 3.63) is 54.2 Å². The number of ether oxygens (including phenoxy) is 2. The van der Waals surface area contributed by atoms with Gasteiger partial charge in [-0.05, 0) is 76.1 Å². The van der Waals surface area contributed by atoms with Crippen LogP contribution in [0.2, 0.25) is 0 Å². The van der Waals surface area contributed by atoms with Crippen molar-refractivity contribution in [3.8, 4) is 5.75 Å². The first kappa shape index (κ1) is 27.5. The quantitative estimate of drug-likeness (QED) is 0.402. The molecule has 2 heterocycles. The maximum Gasteiger partial charge on any atom is 0.411 e. The molecular weight excluding hydrogens is 510 g/mol. The van der Waals surface area contributed by atoms with Crippen LogP contribution in [0.3, 0.4) is 0 Å². The number of sulfonamides is 1. The Bertz CT molecular complexity index is 1430. The molecule has 1 unspecified atom stereocenters. The van der Waals surface area contributed by atoms with E-state index in [0.29, 0.717) is 29.9 Å². The van der Waals surface area contributed by atoms with E-state index >= 15 is 0 Å². The first-order valence-corrected chi connectivity index (χ1v) is 14.0. The molecule has 2 aromatic carbocycles. The van der Waals surface area contributed by atoms with Crippen molar-refractivity contribution in [1.82, 2.24) is 8.87 Å². The second-order valence-corrected chi connectivity index (χ2v) is 11.8. The molecule has 38 heavy (non-hydrogen) atoms. The van der Waals surface area contributed by atoms with Crippen LogP contribution in [0.5, 0.6) is 5.75 Å². The van der Waals surface area contributed by atoms with Crippen LogP contribution < -0.4 is 10.1 Å². The van der Waals surface area contributed by atoms with E-state index in [1.807, 2.05) is 19.9 Å². The number of carbonyl (C=O) groups is 2. The van der Waals surface area contributed by atoms with Crippen LogP contribution in [-0.4, -0.2) is 59.8 Å². The molecule has 0 spiro atoms. The fourth-order valence-corrected chi connectivity index (χ4v) is 6.17. The first-order chi connectivity index (χ1) is 17.9. The predicted molar refractivity (Wildman–Crippen MR) is 143 cm³/mol. The average Bonchev–Trinajstić information content (AvgIpc) is 3.44. The number of carboxylic acid groups (broad SMARTS) is 1. The van der Waals surface area contributed by atoms with Crippen molar-refractivity contribution >= 4 is 38.7 Å². The van der Waals surface area contributed by atoms with Gasteiger partial charge in [-0.2, -0.15) is 4.31 Å². The number of benzene rings is 2. The molecule has 1 aliphatic rings. The third kappa shape index (κ3) is 6.11. The summed E-state index contributed by atoms with van der Waals surface area (Å²) < 4.78 is 40.5. The highest BCUT2D eigenvalue weighted by molar-refractivity contribution is 7.89. The number of carbonyl (C=O) groups excluding carboxylic acids is 1. The Labute approximate surface area is 222 Å². The van der Waals surface area contributed by atoms with Crippen LogP contribution in [0.25, 0.3) is 10.9 Å². The summed E-state index contributed by atoms with van der Waals surface area (Å²) in [7, 11) is -3.71. The van der Waals surface area contributed by atoms with E-state index in [1.165, 1.54) is 4.31 Å². The van der Waals surface area contributed by atoms with E-state index in [0.717, 1.165) is 10.9 Å². The summed E-state index contributed by atoms with van der Waals surface area (Å²) in [6.45, 7) is 7.66. The Kier molecular flexibility index (Phi) is 7.98. The molecule has 3 aromatic rings. The average molecular weight is 544 g/mol. The largest absolute Gasteiger partial charge is 0.491 e. The zero-order valence-corrected chi connectivity index (χ0v) is 22.7. The lowest BCUT2D eigenvalue weighted by Crippen LogP contribution is -2.28. The summed E-state index contributed by atoms with van der Waals surface area (Å²) in [5.74, 6) is -0.516. The zero-order valence-electron chi connectivity index (χ0n) is 21.9. The number of aliphatic carboxylic acids is 1. The monoisotopic (exact) mass is 543 g/mol. The van der Waals surface area contributed by atoms with Gasteiger partial charge in [0.15, 0.2) is 0 Å². The maximum atomic E-state index is 13.3. The number of carboxylic acids is 1. The third-order valence-corrected chi connectivity index (χ3v) is 8.11. The van der Waals surface area contributed by atoms with Gasteiger partial charge < -0.3 is 19.1 Å². The zero-order chi connectivity index (χ0) is 27.6. The smallest absolute Gasteiger partial charge is 0.411 e. The summed E-state index contributed by atoms with van der Waals surface area (Å²) in [5.41, 5.74) is 1.97.